The Morgan fingerprint density at radius 1 is 1.16 bits per heavy atom. The molecule has 0 aliphatic heterocycles. The lowest BCUT2D eigenvalue weighted by Gasteiger charge is -2.34. The summed E-state index contributed by atoms with van der Waals surface area (Å²) in [6.45, 7) is 4.57. The SMILES string of the molecule is CCCCC(CC)CC(N)C(OC)C1CCCCC1. The smallest absolute Gasteiger partial charge is 0.0750 e. The fraction of sp³-hybridized carbons (Fsp3) is 1.00. The number of hydrogen-bond acceptors (Lipinski definition) is 2. The topological polar surface area (TPSA) is 35.2 Å². The Hall–Kier alpha value is -0.0800. The summed E-state index contributed by atoms with van der Waals surface area (Å²) in [5.41, 5.74) is 6.48. The first-order valence-electron chi connectivity index (χ1n) is 8.51. The van der Waals surface area contributed by atoms with Crippen molar-refractivity contribution >= 4 is 0 Å². The first kappa shape index (κ1) is 17.0. The van der Waals surface area contributed by atoms with Crippen LogP contribution in [0.25, 0.3) is 0 Å². The lowest BCUT2D eigenvalue weighted by atomic mass is 9.80. The van der Waals surface area contributed by atoms with Crippen molar-refractivity contribution < 1.29 is 4.74 Å². The van der Waals surface area contributed by atoms with Gasteiger partial charge in [0.15, 0.2) is 0 Å². The van der Waals surface area contributed by atoms with E-state index < -0.39 is 0 Å². The van der Waals surface area contributed by atoms with E-state index in [1.54, 1.807) is 0 Å². The van der Waals surface area contributed by atoms with E-state index in [2.05, 4.69) is 13.8 Å². The van der Waals surface area contributed by atoms with Crippen molar-refractivity contribution in [3.8, 4) is 0 Å². The molecule has 0 spiro atoms. The lowest BCUT2D eigenvalue weighted by Crippen LogP contribution is -2.43. The summed E-state index contributed by atoms with van der Waals surface area (Å²) in [6, 6.07) is 0.231. The van der Waals surface area contributed by atoms with Gasteiger partial charge in [-0.2, -0.15) is 0 Å². The minimum absolute atomic E-state index is 0.231. The van der Waals surface area contributed by atoms with Crippen LogP contribution in [-0.4, -0.2) is 19.3 Å². The van der Waals surface area contributed by atoms with E-state index in [4.69, 9.17) is 10.5 Å². The molecule has 0 radical (unpaired) electrons. The molecule has 2 N–H and O–H groups in total. The highest BCUT2D eigenvalue weighted by molar-refractivity contribution is 4.84. The second kappa shape index (κ2) is 9.77. The fourth-order valence-corrected chi connectivity index (χ4v) is 3.68. The van der Waals surface area contributed by atoms with Gasteiger partial charge in [0.25, 0.3) is 0 Å². The second-order valence-electron chi connectivity index (χ2n) is 6.41. The Kier molecular flexibility index (Phi) is 8.72. The monoisotopic (exact) mass is 269 g/mol. The molecule has 1 aliphatic rings. The zero-order valence-electron chi connectivity index (χ0n) is 13.4. The van der Waals surface area contributed by atoms with Crippen LogP contribution in [0.1, 0.15) is 78.1 Å². The Morgan fingerprint density at radius 3 is 2.37 bits per heavy atom. The van der Waals surface area contributed by atoms with Crippen molar-refractivity contribution in [3.05, 3.63) is 0 Å². The summed E-state index contributed by atoms with van der Waals surface area (Å²) in [4.78, 5) is 0. The van der Waals surface area contributed by atoms with Crippen LogP contribution in [0.5, 0.6) is 0 Å². The number of unbranched alkanes of at least 4 members (excludes halogenated alkanes) is 1. The van der Waals surface area contributed by atoms with Gasteiger partial charge in [0.05, 0.1) is 6.10 Å². The highest BCUT2D eigenvalue weighted by atomic mass is 16.5. The van der Waals surface area contributed by atoms with Gasteiger partial charge in [-0.25, -0.2) is 0 Å². The van der Waals surface area contributed by atoms with E-state index in [0.29, 0.717) is 5.92 Å². The summed E-state index contributed by atoms with van der Waals surface area (Å²) < 4.78 is 5.78. The van der Waals surface area contributed by atoms with E-state index in [-0.39, 0.29) is 12.1 Å². The molecule has 0 aromatic rings. The third-order valence-corrected chi connectivity index (χ3v) is 4.96. The standard InChI is InChI=1S/C17H35NO/c1-4-6-10-14(5-2)13-16(18)17(19-3)15-11-8-7-9-12-15/h14-17H,4-13,18H2,1-3H3. The van der Waals surface area contributed by atoms with Crippen molar-refractivity contribution in [2.45, 2.75) is 90.2 Å². The molecular formula is C17H35NO. The molecule has 0 aromatic heterocycles. The van der Waals surface area contributed by atoms with Crippen molar-refractivity contribution in [3.63, 3.8) is 0 Å². The van der Waals surface area contributed by atoms with Gasteiger partial charge in [0.1, 0.15) is 0 Å². The maximum Gasteiger partial charge on any atom is 0.0750 e. The van der Waals surface area contributed by atoms with Crippen molar-refractivity contribution in [2.24, 2.45) is 17.6 Å². The van der Waals surface area contributed by atoms with Crippen LogP contribution >= 0.6 is 0 Å². The number of methoxy groups -OCH3 is 1. The quantitative estimate of drug-likeness (QED) is 0.668. The normalized spacial score (nSPS) is 22.1. The van der Waals surface area contributed by atoms with Gasteiger partial charge < -0.3 is 10.5 Å². The second-order valence-corrected chi connectivity index (χ2v) is 6.41. The van der Waals surface area contributed by atoms with Crippen LogP contribution < -0.4 is 5.73 Å². The van der Waals surface area contributed by atoms with Crippen LogP contribution in [0.2, 0.25) is 0 Å². The highest BCUT2D eigenvalue weighted by Crippen LogP contribution is 2.31. The largest absolute Gasteiger partial charge is 0.380 e. The molecule has 1 fully saturated rings. The molecule has 0 bridgehead atoms. The Bertz CT molecular complexity index is 213. The van der Waals surface area contributed by atoms with Gasteiger partial charge in [-0.15, -0.1) is 0 Å². The average molecular weight is 269 g/mol. The van der Waals surface area contributed by atoms with E-state index >= 15 is 0 Å². The predicted octanol–water partition coefficient (Wildman–Crippen LogP) is 4.52. The zero-order chi connectivity index (χ0) is 14.1. The summed E-state index contributed by atoms with van der Waals surface area (Å²) in [6.07, 6.45) is 13.4. The Balaban J connectivity index is 2.44. The van der Waals surface area contributed by atoms with Gasteiger partial charge in [0, 0.05) is 13.2 Å². The molecule has 2 nitrogen and oxygen atoms in total. The third-order valence-electron chi connectivity index (χ3n) is 4.96. The van der Waals surface area contributed by atoms with E-state index in [9.17, 15) is 0 Å². The van der Waals surface area contributed by atoms with Crippen LogP contribution in [0, 0.1) is 11.8 Å². The number of nitrogens with two attached hydrogens (primary N) is 1. The van der Waals surface area contributed by atoms with Gasteiger partial charge in [-0.05, 0) is 31.1 Å². The fourth-order valence-electron chi connectivity index (χ4n) is 3.68. The van der Waals surface area contributed by atoms with E-state index in [1.807, 2.05) is 7.11 Å². The summed E-state index contributed by atoms with van der Waals surface area (Å²) >= 11 is 0. The zero-order valence-corrected chi connectivity index (χ0v) is 13.4. The average Bonchev–Trinajstić information content (AvgIpc) is 2.45. The predicted molar refractivity (Wildman–Crippen MR) is 83.3 cm³/mol. The van der Waals surface area contributed by atoms with Crippen LogP contribution in [0.3, 0.4) is 0 Å². The molecule has 3 unspecified atom stereocenters. The molecule has 1 rings (SSSR count). The molecule has 0 heterocycles. The lowest BCUT2D eigenvalue weighted by molar-refractivity contribution is 0.0117. The molecule has 114 valence electrons. The number of ether oxygens (including phenoxy) is 1. The van der Waals surface area contributed by atoms with Crippen LogP contribution in [0.4, 0.5) is 0 Å². The maximum absolute atomic E-state index is 6.48. The highest BCUT2D eigenvalue weighted by Gasteiger charge is 2.29. The molecule has 0 aromatic carbocycles. The molecule has 1 saturated carbocycles. The minimum atomic E-state index is 0.231. The van der Waals surface area contributed by atoms with Gasteiger partial charge in [-0.3, -0.25) is 0 Å². The Morgan fingerprint density at radius 2 is 1.84 bits per heavy atom. The van der Waals surface area contributed by atoms with Crippen LogP contribution in [0.15, 0.2) is 0 Å². The number of rotatable bonds is 9. The van der Waals surface area contributed by atoms with E-state index in [0.717, 1.165) is 12.3 Å². The molecular weight excluding hydrogens is 234 g/mol. The minimum Gasteiger partial charge on any atom is -0.380 e. The molecule has 0 saturated heterocycles. The Labute approximate surface area is 120 Å². The van der Waals surface area contributed by atoms with Crippen molar-refractivity contribution in [1.82, 2.24) is 0 Å². The van der Waals surface area contributed by atoms with Crippen molar-refractivity contribution in [1.29, 1.82) is 0 Å². The molecule has 1 aliphatic carbocycles. The van der Waals surface area contributed by atoms with Gasteiger partial charge in [-0.1, -0.05) is 58.8 Å². The molecule has 19 heavy (non-hydrogen) atoms. The first-order chi connectivity index (χ1) is 9.22. The maximum atomic E-state index is 6.48. The third kappa shape index (κ3) is 5.83. The molecule has 2 heteroatoms. The van der Waals surface area contributed by atoms with Crippen molar-refractivity contribution in [2.75, 3.05) is 7.11 Å². The van der Waals surface area contributed by atoms with Gasteiger partial charge >= 0.3 is 0 Å². The summed E-state index contributed by atoms with van der Waals surface area (Å²) in [7, 11) is 1.85. The number of hydrogen-bond donors (Lipinski definition) is 1. The van der Waals surface area contributed by atoms with Gasteiger partial charge in [0.2, 0.25) is 0 Å². The first-order valence-corrected chi connectivity index (χ1v) is 8.51. The van der Waals surface area contributed by atoms with E-state index in [1.165, 1.54) is 57.8 Å². The molecule has 3 atom stereocenters. The molecule has 0 amide bonds. The summed E-state index contributed by atoms with van der Waals surface area (Å²) in [5.74, 6) is 1.49. The van der Waals surface area contributed by atoms with Crippen LogP contribution in [-0.2, 0) is 4.74 Å². The summed E-state index contributed by atoms with van der Waals surface area (Å²) in [5, 5.41) is 0.